The third-order valence-corrected chi connectivity index (χ3v) is 3.93. The molecule has 88 valence electrons. The minimum Gasteiger partial charge on any atom is -0.348 e. The summed E-state index contributed by atoms with van der Waals surface area (Å²) in [5, 5.41) is 2.86. The highest BCUT2D eigenvalue weighted by molar-refractivity contribution is 7.13. The van der Waals surface area contributed by atoms with Crippen molar-refractivity contribution in [3.05, 3.63) is 11.1 Å². The monoisotopic (exact) mass is 238 g/mol. The van der Waals surface area contributed by atoms with Crippen molar-refractivity contribution in [1.29, 1.82) is 0 Å². The zero-order valence-electron chi connectivity index (χ0n) is 10.1. The number of rotatable bonds is 2. The van der Waals surface area contributed by atoms with Crippen LogP contribution in [0.4, 0.5) is 5.13 Å². The van der Waals surface area contributed by atoms with Gasteiger partial charge in [-0.15, -0.1) is 11.3 Å². The summed E-state index contributed by atoms with van der Waals surface area (Å²) < 4.78 is 0. The van der Waals surface area contributed by atoms with Gasteiger partial charge in [0.05, 0.1) is 0 Å². The van der Waals surface area contributed by atoms with Crippen LogP contribution in [-0.4, -0.2) is 23.9 Å². The van der Waals surface area contributed by atoms with Gasteiger partial charge in [0.25, 0.3) is 0 Å². The van der Waals surface area contributed by atoms with Gasteiger partial charge in [0, 0.05) is 25.4 Å². The molecule has 0 saturated carbocycles. The number of carbonyl (C=O) groups excluding carboxylic acids is 1. The zero-order chi connectivity index (χ0) is 11.8. The average molecular weight is 238 g/mol. The van der Waals surface area contributed by atoms with E-state index in [4.69, 9.17) is 0 Å². The normalized spacial score (nSPS) is 19.8. The highest BCUT2D eigenvalue weighted by atomic mass is 32.1. The molecule has 0 unspecified atom stereocenters. The minimum absolute atomic E-state index is 0.0544. The SMILES string of the molecule is CC(=O)c1csc(N2CCCC(C)(C)C2)n1. The van der Waals surface area contributed by atoms with E-state index in [9.17, 15) is 4.79 Å². The summed E-state index contributed by atoms with van der Waals surface area (Å²) in [7, 11) is 0. The molecule has 2 heterocycles. The lowest BCUT2D eigenvalue weighted by molar-refractivity contribution is 0.101. The van der Waals surface area contributed by atoms with Crippen LogP contribution in [0, 0.1) is 5.41 Å². The van der Waals surface area contributed by atoms with Crippen molar-refractivity contribution in [3.63, 3.8) is 0 Å². The van der Waals surface area contributed by atoms with E-state index in [2.05, 4.69) is 23.7 Å². The molecule has 2 rings (SSSR count). The molecule has 3 nitrogen and oxygen atoms in total. The second kappa shape index (κ2) is 4.17. The second-order valence-electron chi connectivity index (χ2n) is 5.26. The van der Waals surface area contributed by atoms with E-state index in [0.717, 1.165) is 18.2 Å². The van der Waals surface area contributed by atoms with Gasteiger partial charge in [-0.3, -0.25) is 4.79 Å². The first-order chi connectivity index (χ1) is 7.48. The number of anilines is 1. The Bertz CT molecular complexity index is 397. The fraction of sp³-hybridized carbons (Fsp3) is 0.667. The van der Waals surface area contributed by atoms with Crippen molar-refractivity contribution in [2.24, 2.45) is 5.41 Å². The maximum Gasteiger partial charge on any atom is 0.185 e. The Morgan fingerprint density at radius 3 is 2.88 bits per heavy atom. The van der Waals surface area contributed by atoms with E-state index in [1.165, 1.54) is 12.8 Å². The average Bonchev–Trinajstić information content (AvgIpc) is 2.64. The third kappa shape index (κ3) is 2.43. The molecular formula is C12H18N2OS. The van der Waals surface area contributed by atoms with Crippen LogP contribution in [0.3, 0.4) is 0 Å². The summed E-state index contributed by atoms with van der Waals surface area (Å²) in [6.45, 7) is 8.25. The Morgan fingerprint density at radius 1 is 1.56 bits per heavy atom. The molecule has 0 aromatic carbocycles. The molecule has 0 radical (unpaired) electrons. The Labute approximate surface area is 100 Å². The fourth-order valence-electron chi connectivity index (χ4n) is 2.16. The Morgan fingerprint density at radius 2 is 2.31 bits per heavy atom. The predicted molar refractivity (Wildman–Crippen MR) is 67.3 cm³/mol. The highest BCUT2D eigenvalue weighted by Gasteiger charge is 2.27. The fourth-order valence-corrected chi connectivity index (χ4v) is 3.05. The van der Waals surface area contributed by atoms with Gasteiger partial charge in [-0.2, -0.15) is 0 Å². The summed E-state index contributed by atoms with van der Waals surface area (Å²) in [4.78, 5) is 17.9. The van der Waals surface area contributed by atoms with E-state index < -0.39 is 0 Å². The summed E-state index contributed by atoms with van der Waals surface area (Å²) in [6.07, 6.45) is 2.48. The van der Waals surface area contributed by atoms with Crippen LogP contribution in [-0.2, 0) is 0 Å². The first-order valence-electron chi connectivity index (χ1n) is 5.69. The van der Waals surface area contributed by atoms with Crippen molar-refractivity contribution < 1.29 is 4.79 Å². The first kappa shape index (κ1) is 11.6. The molecular weight excluding hydrogens is 220 g/mol. The molecule has 0 N–H and O–H groups in total. The smallest absolute Gasteiger partial charge is 0.185 e. The summed E-state index contributed by atoms with van der Waals surface area (Å²) in [6, 6.07) is 0. The van der Waals surface area contributed by atoms with Gasteiger partial charge >= 0.3 is 0 Å². The van der Waals surface area contributed by atoms with Gasteiger partial charge in [0.2, 0.25) is 0 Å². The number of ketones is 1. The minimum atomic E-state index is 0.0544. The number of aromatic nitrogens is 1. The highest BCUT2D eigenvalue weighted by Crippen LogP contribution is 2.32. The van der Waals surface area contributed by atoms with Gasteiger partial charge in [-0.05, 0) is 18.3 Å². The van der Waals surface area contributed by atoms with Gasteiger partial charge in [-0.1, -0.05) is 13.8 Å². The van der Waals surface area contributed by atoms with E-state index in [1.54, 1.807) is 18.3 Å². The Hall–Kier alpha value is -0.900. The molecule has 4 heteroatoms. The van der Waals surface area contributed by atoms with E-state index in [1.807, 2.05) is 5.38 Å². The van der Waals surface area contributed by atoms with Crippen molar-refractivity contribution in [3.8, 4) is 0 Å². The Kier molecular flexibility index (Phi) is 3.02. The van der Waals surface area contributed by atoms with Gasteiger partial charge < -0.3 is 4.90 Å². The van der Waals surface area contributed by atoms with Crippen molar-refractivity contribution >= 4 is 22.3 Å². The molecule has 1 aromatic rings. The number of carbonyl (C=O) groups is 1. The molecule has 0 atom stereocenters. The zero-order valence-corrected chi connectivity index (χ0v) is 10.9. The van der Waals surface area contributed by atoms with Crippen LogP contribution >= 0.6 is 11.3 Å². The van der Waals surface area contributed by atoms with Crippen LogP contribution in [0.1, 0.15) is 44.1 Å². The van der Waals surface area contributed by atoms with Crippen LogP contribution in [0.5, 0.6) is 0 Å². The topological polar surface area (TPSA) is 33.2 Å². The first-order valence-corrected chi connectivity index (χ1v) is 6.57. The van der Waals surface area contributed by atoms with Gasteiger partial charge in [0.1, 0.15) is 5.69 Å². The van der Waals surface area contributed by atoms with Crippen LogP contribution in [0.2, 0.25) is 0 Å². The number of nitrogens with zero attached hydrogens (tertiary/aromatic N) is 2. The maximum atomic E-state index is 11.2. The van der Waals surface area contributed by atoms with Crippen LogP contribution < -0.4 is 4.90 Å². The molecule has 1 aromatic heterocycles. The lowest BCUT2D eigenvalue weighted by Gasteiger charge is -2.37. The largest absolute Gasteiger partial charge is 0.348 e. The molecule has 1 aliphatic rings. The van der Waals surface area contributed by atoms with Gasteiger partial charge in [0.15, 0.2) is 10.9 Å². The molecule has 0 amide bonds. The molecule has 1 aliphatic heterocycles. The molecule has 1 saturated heterocycles. The van der Waals surface area contributed by atoms with Crippen molar-refractivity contribution in [2.45, 2.75) is 33.6 Å². The lowest BCUT2D eigenvalue weighted by Crippen LogP contribution is -2.40. The number of hydrogen-bond acceptors (Lipinski definition) is 4. The van der Waals surface area contributed by atoms with E-state index in [-0.39, 0.29) is 5.78 Å². The van der Waals surface area contributed by atoms with E-state index in [0.29, 0.717) is 11.1 Å². The Balaban J connectivity index is 2.14. The molecule has 0 bridgehead atoms. The molecule has 1 fully saturated rings. The predicted octanol–water partition coefficient (Wildman–Crippen LogP) is 2.97. The summed E-state index contributed by atoms with van der Waals surface area (Å²) in [5.41, 5.74) is 0.962. The molecule has 0 spiro atoms. The third-order valence-electron chi connectivity index (χ3n) is 3.02. The van der Waals surface area contributed by atoms with Crippen molar-refractivity contribution in [2.75, 3.05) is 18.0 Å². The van der Waals surface area contributed by atoms with E-state index >= 15 is 0 Å². The number of hydrogen-bond donors (Lipinski definition) is 0. The number of Topliss-reactive ketones (excluding diaryl/α,β-unsaturated/α-hetero) is 1. The lowest BCUT2D eigenvalue weighted by atomic mass is 9.84. The summed E-state index contributed by atoms with van der Waals surface area (Å²) in [5.74, 6) is 0.0544. The second-order valence-corrected chi connectivity index (χ2v) is 6.10. The van der Waals surface area contributed by atoms with Crippen molar-refractivity contribution in [1.82, 2.24) is 4.98 Å². The number of piperidine rings is 1. The van der Waals surface area contributed by atoms with Crippen LogP contribution in [0.25, 0.3) is 0 Å². The quantitative estimate of drug-likeness (QED) is 0.743. The standard InChI is InChI=1S/C12H18N2OS/c1-9(15)10-7-16-11(13-10)14-6-4-5-12(2,3)8-14/h7H,4-6,8H2,1-3H3. The van der Waals surface area contributed by atoms with Crippen LogP contribution in [0.15, 0.2) is 5.38 Å². The summed E-state index contributed by atoms with van der Waals surface area (Å²) >= 11 is 1.58. The maximum absolute atomic E-state index is 11.2. The number of thiazole rings is 1. The molecule has 16 heavy (non-hydrogen) atoms. The van der Waals surface area contributed by atoms with Gasteiger partial charge in [-0.25, -0.2) is 4.98 Å². The molecule has 0 aliphatic carbocycles.